The van der Waals surface area contributed by atoms with E-state index in [1.165, 1.54) is 24.0 Å². The Kier molecular flexibility index (Phi) is 5.14. The fourth-order valence-electron chi connectivity index (χ4n) is 4.12. The summed E-state index contributed by atoms with van der Waals surface area (Å²) in [6.45, 7) is 6.69. The van der Waals surface area contributed by atoms with E-state index in [4.69, 9.17) is 4.74 Å². The third-order valence-corrected chi connectivity index (χ3v) is 5.73. The van der Waals surface area contributed by atoms with Crippen LogP contribution in [0.2, 0.25) is 0 Å². The summed E-state index contributed by atoms with van der Waals surface area (Å²) in [5.41, 5.74) is 3.59. The molecule has 2 bridgehead atoms. The molecule has 2 saturated heterocycles. The topological polar surface area (TPSA) is 41.6 Å². The summed E-state index contributed by atoms with van der Waals surface area (Å²) < 4.78 is 5.90. The smallest absolute Gasteiger partial charge is 0.225 e. The summed E-state index contributed by atoms with van der Waals surface area (Å²) in [6.07, 6.45) is 5.16. The Balaban J connectivity index is 1.50. The Morgan fingerprint density at radius 2 is 1.88 bits per heavy atom. The zero-order chi connectivity index (χ0) is 17.3. The lowest BCUT2D eigenvalue weighted by Crippen LogP contribution is -2.48. The summed E-state index contributed by atoms with van der Waals surface area (Å²) in [4.78, 5) is 14.5. The molecule has 2 unspecified atom stereocenters. The van der Waals surface area contributed by atoms with Crippen LogP contribution in [0.25, 0.3) is 0 Å². The van der Waals surface area contributed by atoms with Crippen LogP contribution in [0, 0.1) is 20.8 Å². The number of aryl methyl sites for hydroxylation is 2. The number of carbonyl (C=O) groups excluding carboxylic acids is 1. The largest absolute Gasteiger partial charge is 0.493 e. The molecule has 4 heteroatoms. The first kappa shape index (κ1) is 17.3. The van der Waals surface area contributed by atoms with Crippen molar-refractivity contribution in [3.8, 4) is 5.75 Å². The van der Waals surface area contributed by atoms with Crippen molar-refractivity contribution in [2.75, 3.05) is 13.7 Å². The lowest BCUT2D eigenvalue weighted by atomic mass is 9.98. The van der Waals surface area contributed by atoms with Gasteiger partial charge < -0.3 is 15.0 Å². The van der Waals surface area contributed by atoms with E-state index < -0.39 is 0 Å². The van der Waals surface area contributed by atoms with Gasteiger partial charge in [-0.05, 0) is 69.2 Å². The zero-order valence-corrected chi connectivity index (χ0v) is 15.4. The number of hydrogen-bond acceptors (Lipinski definition) is 3. The highest BCUT2D eigenvalue weighted by atomic mass is 16.5. The van der Waals surface area contributed by atoms with Crippen LogP contribution in [-0.2, 0) is 4.79 Å². The van der Waals surface area contributed by atoms with Gasteiger partial charge in [0.25, 0.3) is 0 Å². The molecule has 4 nitrogen and oxygen atoms in total. The summed E-state index contributed by atoms with van der Waals surface area (Å²) in [5, 5.41) is 3.63. The van der Waals surface area contributed by atoms with Crippen molar-refractivity contribution >= 4 is 5.91 Å². The second-order valence-corrected chi connectivity index (χ2v) is 7.57. The molecule has 0 radical (unpaired) electrons. The molecule has 0 aliphatic carbocycles. The van der Waals surface area contributed by atoms with Crippen LogP contribution in [-0.4, -0.2) is 42.6 Å². The molecule has 0 saturated carbocycles. The highest BCUT2D eigenvalue weighted by Gasteiger charge is 2.36. The molecule has 2 heterocycles. The fraction of sp³-hybridized carbons (Fsp3) is 0.650. The quantitative estimate of drug-likeness (QED) is 0.902. The summed E-state index contributed by atoms with van der Waals surface area (Å²) in [6, 6.07) is 5.82. The van der Waals surface area contributed by atoms with Gasteiger partial charge in [0, 0.05) is 25.2 Å². The number of nitrogens with zero attached hydrogens (tertiary/aromatic N) is 1. The van der Waals surface area contributed by atoms with E-state index in [0.717, 1.165) is 24.2 Å². The van der Waals surface area contributed by atoms with Gasteiger partial charge in [-0.2, -0.15) is 0 Å². The SMILES string of the molecule is Cc1cc(C)c(C)c(OCCC(=O)N(C)C2CC3CCC(C2)N3)c1. The second-order valence-electron chi connectivity index (χ2n) is 7.57. The number of piperidine rings is 1. The van der Waals surface area contributed by atoms with E-state index in [2.05, 4.69) is 38.2 Å². The molecule has 1 N–H and O–H groups in total. The maximum absolute atomic E-state index is 12.5. The molecule has 0 spiro atoms. The van der Waals surface area contributed by atoms with E-state index in [-0.39, 0.29) is 5.91 Å². The molecule has 2 atom stereocenters. The van der Waals surface area contributed by atoms with Gasteiger partial charge in [-0.1, -0.05) is 6.07 Å². The van der Waals surface area contributed by atoms with E-state index in [0.29, 0.717) is 31.2 Å². The molecule has 24 heavy (non-hydrogen) atoms. The summed E-state index contributed by atoms with van der Waals surface area (Å²) in [5.74, 6) is 1.10. The molecule has 132 valence electrons. The highest BCUT2D eigenvalue weighted by Crippen LogP contribution is 2.29. The molecule has 0 aromatic heterocycles. The molecular formula is C20H30N2O2. The third kappa shape index (κ3) is 3.75. The zero-order valence-electron chi connectivity index (χ0n) is 15.4. The Morgan fingerprint density at radius 3 is 2.54 bits per heavy atom. The van der Waals surface area contributed by atoms with Crippen molar-refractivity contribution in [1.29, 1.82) is 0 Å². The van der Waals surface area contributed by atoms with Crippen molar-refractivity contribution < 1.29 is 9.53 Å². The van der Waals surface area contributed by atoms with E-state index in [9.17, 15) is 4.79 Å². The Hall–Kier alpha value is -1.55. The molecule has 1 aromatic carbocycles. The van der Waals surface area contributed by atoms with Gasteiger partial charge in [0.15, 0.2) is 0 Å². The van der Waals surface area contributed by atoms with Crippen LogP contribution in [0.15, 0.2) is 12.1 Å². The van der Waals surface area contributed by atoms with Crippen molar-refractivity contribution in [3.05, 3.63) is 28.8 Å². The van der Waals surface area contributed by atoms with Gasteiger partial charge in [-0.15, -0.1) is 0 Å². The second kappa shape index (κ2) is 7.14. The van der Waals surface area contributed by atoms with Gasteiger partial charge in [-0.3, -0.25) is 4.79 Å². The van der Waals surface area contributed by atoms with Crippen LogP contribution >= 0.6 is 0 Å². The van der Waals surface area contributed by atoms with Crippen LogP contribution in [0.4, 0.5) is 0 Å². The van der Waals surface area contributed by atoms with Crippen LogP contribution < -0.4 is 10.1 Å². The number of benzene rings is 1. The lowest BCUT2D eigenvalue weighted by molar-refractivity contribution is -0.133. The first-order valence-corrected chi connectivity index (χ1v) is 9.16. The minimum absolute atomic E-state index is 0.198. The Bertz CT molecular complexity index is 602. The minimum Gasteiger partial charge on any atom is -0.493 e. The molecule has 1 aromatic rings. The summed E-state index contributed by atoms with van der Waals surface area (Å²) >= 11 is 0. The van der Waals surface area contributed by atoms with Crippen molar-refractivity contribution in [2.24, 2.45) is 0 Å². The van der Waals surface area contributed by atoms with Gasteiger partial charge >= 0.3 is 0 Å². The third-order valence-electron chi connectivity index (χ3n) is 5.73. The standard InChI is InChI=1S/C20H30N2O2/c1-13-9-14(2)15(3)19(10-13)24-8-7-20(23)22(4)18-11-16-5-6-17(12-18)21-16/h9-10,16-18,21H,5-8,11-12H2,1-4H3. The number of fused-ring (bicyclic) bond motifs is 2. The molecular weight excluding hydrogens is 300 g/mol. The Labute approximate surface area is 145 Å². The molecule has 3 rings (SSSR count). The lowest BCUT2D eigenvalue weighted by Gasteiger charge is -2.35. The number of ether oxygens (including phenoxy) is 1. The van der Waals surface area contributed by atoms with Crippen molar-refractivity contribution in [1.82, 2.24) is 10.2 Å². The molecule has 2 aliphatic heterocycles. The first-order chi connectivity index (χ1) is 11.4. The van der Waals surface area contributed by atoms with Gasteiger partial charge in [0.05, 0.1) is 13.0 Å². The number of hydrogen-bond donors (Lipinski definition) is 1. The van der Waals surface area contributed by atoms with Crippen LogP contribution in [0.5, 0.6) is 5.75 Å². The average Bonchev–Trinajstić information content (AvgIpc) is 2.89. The summed E-state index contributed by atoms with van der Waals surface area (Å²) in [7, 11) is 1.96. The van der Waals surface area contributed by atoms with E-state index >= 15 is 0 Å². The van der Waals surface area contributed by atoms with Crippen LogP contribution in [0.1, 0.15) is 48.8 Å². The maximum atomic E-state index is 12.5. The molecule has 2 fully saturated rings. The average molecular weight is 330 g/mol. The maximum Gasteiger partial charge on any atom is 0.225 e. The fourth-order valence-corrected chi connectivity index (χ4v) is 4.12. The predicted molar refractivity (Wildman–Crippen MR) is 96.5 cm³/mol. The number of nitrogens with one attached hydrogen (secondary N) is 1. The predicted octanol–water partition coefficient (Wildman–Crippen LogP) is 3.12. The number of amides is 1. The number of carbonyl (C=O) groups is 1. The highest BCUT2D eigenvalue weighted by molar-refractivity contribution is 5.76. The van der Waals surface area contributed by atoms with Gasteiger partial charge in [0.2, 0.25) is 5.91 Å². The van der Waals surface area contributed by atoms with E-state index in [1.807, 2.05) is 11.9 Å². The monoisotopic (exact) mass is 330 g/mol. The van der Waals surface area contributed by atoms with Gasteiger partial charge in [-0.25, -0.2) is 0 Å². The van der Waals surface area contributed by atoms with E-state index in [1.54, 1.807) is 0 Å². The number of rotatable bonds is 5. The first-order valence-electron chi connectivity index (χ1n) is 9.16. The normalized spacial score (nSPS) is 25.6. The van der Waals surface area contributed by atoms with Crippen molar-refractivity contribution in [3.63, 3.8) is 0 Å². The van der Waals surface area contributed by atoms with Crippen LogP contribution in [0.3, 0.4) is 0 Å². The minimum atomic E-state index is 0.198. The molecule has 1 amide bonds. The van der Waals surface area contributed by atoms with Crippen molar-refractivity contribution in [2.45, 2.75) is 71.0 Å². The molecule has 2 aliphatic rings. The van der Waals surface area contributed by atoms with Gasteiger partial charge in [0.1, 0.15) is 5.75 Å². The Morgan fingerprint density at radius 1 is 1.21 bits per heavy atom.